The predicted molar refractivity (Wildman–Crippen MR) is 103 cm³/mol. The molecule has 2 fully saturated rings. The maximum atomic E-state index is 13.0. The molecular weight excluding hydrogens is 352 g/mol. The molecule has 132 valence electrons. The largest absolute Gasteiger partial charge is 0.342 e. The van der Waals surface area contributed by atoms with Crippen LogP contribution in [0.5, 0.6) is 0 Å². The second-order valence-electron chi connectivity index (χ2n) is 7.22. The van der Waals surface area contributed by atoms with Crippen LogP contribution in [0.25, 0.3) is 0 Å². The lowest BCUT2D eigenvalue weighted by molar-refractivity contribution is -0.135. The first kappa shape index (κ1) is 17.1. The minimum atomic E-state index is -0.141. The van der Waals surface area contributed by atoms with Crippen LogP contribution in [0.1, 0.15) is 23.3 Å². The van der Waals surface area contributed by atoms with Gasteiger partial charge in [-0.05, 0) is 43.5 Å². The van der Waals surface area contributed by atoms with Crippen molar-refractivity contribution in [2.24, 2.45) is 5.41 Å². The van der Waals surface area contributed by atoms with Gasteiger partial charge in [-0.1, -0.05) is 41.9 Å². The third-order valence-electron chi connectivity index (χ3n) is 5.56. The third-order valence-corrected chi connectivity index (χ3v) is 6.77. The Balaban J connectivity index is 1.34. The molecule has 2 aliphatic heterocycles. The van der Waals surface area contributed by atoms with Gasteiger partial charge in [0.2, 0.25) is 5.91 Å². The first-order chi connectivity index (χ1) is 12.1. The van der Waals surface area contributed by atoms with Crippen LogP contribution in [0.4, 0.5) is 0 Å². The van der Waals surface area contributed by atoms with Gasteiger partial charge in [0, 0.05) is 31.1 Å². The zero-order valence-electron chi connectivity index (χ0n) is 14.3. The Bertz CT molecular complexity index is 747. The highest BCUT2D eigenvalue weighted by Crippen LogP contribution is 2.41. The van der Waals surface area contributed by atoms with E-state index in [0.717, 1.165) is 56.3 Å². The highest BCUT2D eigenvalue weighted by atomic mass is 35.5. The number of likely N-dealkylation sites (tertiary alicyclic amines) is 2. The maximum absolute atomic E-state index is 13.0. The van der Waals surface area contributed by atoms with Crippen LogP contribution in [0.3, 0.4) is 0 Å². The molecule has 1 spiro atoms. The van der Waals surface area contributed by atoms with Crippen LogP contribution >= 0.6 is 22.9 Å². The van der Waals surface area contributed by atoms with Crippen molar-refractivity contribution in [3.63, 3.8) is 0 Å². The van der Waals surface area contributed by atoms with Crippen LogP contribution in [0, 0.1) is 5.41 Å². The van der Waals surface area contributed by atoms with Gasteiger partial charge in [0.15, 0.2) is 0 Å². The molecule has 2 saturated heterocycles. The number of thiophene rings is 1. The Morgan fingerprint density at radius 1 is 1.08 bits per heavy atom. The zero-order chi connectivity index (χ0) is 17.3. The standard InChI is InChI=1S/C20H23ClN2OS/c21-18-7-6-17(25-18)14-22-12-9-20(15-22)10-13-23(19(20)24)11-8-16-4-2-1-3-5-16/h1-7H,8-15H2. The number of hydrogen-bond donors (Lipinski definition) is 0. The summed E-state index contributed by atoms with van der Waals surface area (Å²) in [6.45, 7) is 4.56. The number of halogens is 1. The number of carbonyl (C=O) groups is 1. The van der Waals surface area contributed by atoms with Crippen LogP contribution in [-0.2, 0) is 17.8 Å². The fourth-order valence-electron chi connectivity index (χ4n) is 4.14. The molecular formula is C20H23ClN2OS. The normalized spacial score (nSPS) is 23.9. The number of benzene rings is 1. The van der Waals surface area contributed by atoms with Crippen molar-refractivity contribution < 1.29 is 4.79 Å². The maximum Gasteiger partial charge on any atom is 0.230 e. The summed E-state index contributed by atoms with van der Waals surface area (Å²) in [5, 5.41) is 0. The Labute approximate surface area is 158 Å². The fourth-order valence-corrected chi connectivity index (χ4v) is 5.27. The van der Waals surface area contributed by atoms with Crippen molar-refractivity contribution in [2.75, 3.05) is 26.2 Å². The molecule has 5 heteroatoms. The van der Waals surface area contributed by atoms with Crippen molar-refractivity contribution in [3.8, 4) is 0 Å². The van der Waals surface area contributed by atoms with Gasteiger partial charge in [0.25, 0.3) is 0 Å². The van der Waals surface area contributed by atoms with Crippen molar-refractivity contribution in [2.45, 2.75) is 25.8 Å². The molecule has 1 unspecified atom stereocenters. The van der Waals surface area contributed by atoms with Gasteiger partial charge in [0.1, 0.15) is 0 Å². The lowest BCUT2D eigenvalue weighted by Gasteiger charge is -2.23. The average molecular weight is 375 g/mol. The molecule has 1 amide bonds. The van der Waals surface area contributed by atoms with Gasteiger partial charge in [-0.3, -0.25) is 9.69 Å². The van der Waals surface area contributed by atoms with E-state index in [1.165, 1.54) is 10.4 Å². The zero-order valence-corrected chi connectivity index (χ0v) is 15.9. The molecule has 0 bridgehead atoms. The quantitative estimate of drug-likeness (QED) is 0.787. The lowest BCUT2D eigenvalue weighted by Crippen LogP contribution is -2.37. The Morgan fingerprint density at radius 3 is 2.64 bits per heavy atom. The molecule has 3 nitrogen and oxygen atoms in total. The highest BCUT2D eigenvalue weighted by molar-refractivity contribution is 7.16. The van der Waals surface area contributed by atoms with Crippen molar-refractivity contribution in [3.05, 3.63) is 57.2 Å². The van der Waals surface area contributed by atoms with E-state index in [1.807, 2.05) is 12.1 Å². The number of hydrogen-bond acceptors (Lipinski definition) is 3. The van der Waals surface area contributed by atoms with Crippen LogP contribution in [0.2, 0.25) is 4.34 Å². The van der Waals surface area contributed by atoms with Crippen LogP contribution in [-0.4, -0.2) is 41.9 Å². The van der Waals surface area contributed by atoms with E-state index < -0.39 is 0 Å². The van der Waals surface area contributed by atoms with E-state index >= 15 is 0 Å². The fraction of sp³-hybridized carbons (Fsp3) is 0.450. The molecule has 0 radical (unpaired) electrons. The lowest BCUT2D eigenvalue weighted by atomic mass is 9.85. The van der Waals surface area contributed by atoms with E-state index in [9.17, 15) is 4.79 Å². The van der Waals surface area contributed by atoms with Crippen LogP contribution < -0.4 is 0 Å². The Kier molecular flexibility index (Phi) is 4.85. The predicted octanol–water partition coefficient (Wildman–Crippen LogP) is 4.07. The van der Waals surface area contributed by atoms with Gasteiger partial charge in [-0.25, -0.2) is 0 Å². The molecule has 25 heavy (non-hydrogen) atoms. The summed E-state index contributed by atoms with van der Waals surface area (Å²) < 4.78 is 0.841. The topological polar surface area (TPSA) is 23.6 Å². The summed E-state index contributed by atoms with van der Waals surface area (Å²) in [5.41, 5.74) is 1.16. The molecule has 3 heterocycles. The smallest absolute Gasteiger partial charge is 0.230 e. The minimum absolute atomic E-state index is 0.141. The van der Waals surface area contributed by atoms with Crippen LogP contribution in [0.15, 0.2) is 42.5 Å². The number of rotatable bonds is 5. The van der Waals surface area contributed by atoms with Gasteiger partial charge in [-0.2, -0.15) is 0 Å². The first-order valence-electron chi connectivity index (χ1n) is 8.95. The highest BCUT2D eigenvalue weighted by Gasteiger charge is 2.50. The second kappa shape index (κ2) is 7.10. The summed E-state index contributed by atoms with van der Waals surface area (Å²) in [6.07, 6.45) is 2.94. The minimum Gasteiger partial charge on any atom is -0.342 e. The van der Waals surface area contributed by atoms with E-state index in [-0.39, 0.29) is 5.41 Å². The second-order valence-corrected chi connectivity index (χ2v) is 9.02. The summed E-state index contributed by atoms with van der Waals surface area (Å²) in [4.78, 5) is 18.8. The average Bonchev–Trinajstić information content (AvgIpc) is 3.30. The van der Waals surface area contributed by atoms with Crippen molar-refractivity contribution in [1.29, 1.82) is 0 Å². The van der Waals surface area contributed by atoms with E-state index in [0.29, 0.717) is 5.91 Å². The summed E-state index contributed by atoms with van der Waals surface area (Å²) in [5.74, 6) is 0.371. The molecule has 2 aromatic rings. The van der Waals surface area contributed by atoms with E-state index in [1.54, 1.807) is 11.3 Å². The molecule has 1 aromatic carbocycles. The summed E-state index contributed by atoms with van der Waals surface area (Å²) in [7, 11) is 0. The van der Waals surface area contributed by atoms with Gasteiger partial charge >= 0.3 is 0 Å². The van der Waals surface area contributed by atoms with E-state index in [2.05, 4.69) is 40.1 Å². The summed E-state index contributed by atoms with van der Waals surface area (Å²) >= 11 is 7.67. The van der Waals surface area contributed by atoms with E-state index in [4.69, 9.17) is 11.6 Å². The molecule has 0 aliphatic carbocycles. The van der Waals surface area contributed by atoms with Gasteiger partial charge in [-0.15, -0.1) is 11.3 Å². The molecule has 1 aromatic heterocycles. The number of amides is 1. The SMILES string of the molecule is O=C1N(CCc2ccccc2)CCC12CCN(Cc1ccc(Cl)s1)C2. The molecule has 2 aliphatic rings. The Hall–Kier alpha value is -1.36. The van der Waals surface area contributed by atoms with Gasteiger partial charge < -0.3 is 4.90 Å². The number of nitrogens with zero attached hydrogens (tertiary/aromatic N) is 2. The third kappa shape index (κ3) is 3.62. The molecule has 4 rings (SSSR count). The number of carbonyl (C=O) groups excluding carboxylic acids is 1. The summed E-state index contributed by atoms with van der Waals surface area (Å²) in [6, 6.07) is 14.5. The van der Waals surface area contributed by atoms with Crippen molar-refractivity contribution >= 4 is 28.8 Å². The first-order valence-corrected chi connectivity index (χ1v) is 10.1. The van der Waals surface area contributed by atoms with Gasteiger partial charge in [0.05, 0.1) is 9.75 Å². The Morgan fingerprint density at radius 2 is 1.88 bits per heavy atom. The molecule has 1 atom stereocenters. The molecule has 0 saturated carbocycles. The van der Waals surface area contributed by atoms with Crippen molar-refractivity contribution in [1.82, 2.24) is 9.80 Å². The molecule has 0 N–H and O–H groups in total. The monoisotopic (exact) mass is 374 g/mol.